The summed E-state index contributed by atoms with van der Waals surface area (Å²) in [7, 11) is 0. The van der Waals surface area contributed by atoms with Gasteiger partial charge in [0.2, 0.25) is 0 Å². The largest absolute Gasteiger partial charge is 0.417 e. The number of anilines is 1. The topological polar surface area (TPSA) is 51.2 Å². The van der Waals surface area contributed by atoms with Gasteiger partial charge < -0.3 is 4.74 Å². The maximum Gasteiger partial charge on any atom is 0.417 e. The van der Waals surface area contributed by atoms with E-state index in [9.17, 15) is 4.79 Å². The van der Waals surface area contributed by atoms with Crippen molar-refractivity contribution >= 4 is 27.7 Å². The number of nitrogens with one attached hydrogen (secondary N) is 1. The number of benzene rings is 1. The summed E-state index contributed by atoms with van der Waals surface area (Å²) in [5.74, 6) is 0.467. The predicted octanol–water partition coefficient (Wildman–Crippen LogP) is 3.46. The second-order valence-corrected chi connectivity index (χ2v) is 4.04. The van der Waals surface area contributed by atoms with Gasteiger partial charge in [0.15, 0.2) is 0 Å². The Bertz CT molecular complexity index is 517. The van der Waals surface area contributed by atoms with Crippen LogP contribution in [0.15, 0.2) is 53.3 Å². The zero-order valence-electron chi connectivity index (χ0n) is 8.76. The summed E-state index contributed by atoms with van der Waals surface area (Å²) in [6, 6.07) is 10.6. The van der Waals surface area contributed by atoms with Gasteiger partial charge in [-0.1, -0.05) is 12.1 Å². The number of ether oxygens (including phenoxy) is 1. The molecule has 0 fully saturated rings. The Morgan fingerprint density at radius 2 is 2.06 bits per heavy atom. The lowest BCUT2D eigenvalue weighted by Crippen LogP contribution is -2.16. The molecule has 0 aliphatic rings. The Balaban J connectivity index is 2.01. The van der Waals surface area contributed by atoms with Gasteiger partial charge in [-0.05, 0) is 40.2 Å². The number of hydrogen-bond acceptors (Lipinski definition) is 3. The minimum Gasteiger partial charge on any atom is -0.409 e. The molecular weight excluding hydrogens is 284 g/mol. The first kappa shape index (κ1) is 11.6. The Labute approximate surface area is 107 Å². The molecule has 0 saturated carbocycles. The second kappa shape index (κ2) is 5.45. The van der Waals surface area contributed by atoms with Crippen LogP contribution in [-0.4, -0.2) is 11.1 Å². The Morgan fingerprint density at radius 3 is 2.76 bits per heavy atom. The molecule has 2 aromatic rings. The van der Waals surface area contributed by atoms with E-state index in [-0.39, 0.29) is 0 Å². The highest BCUT2D eigenvalue weighted by Gasteiger charge is 2.07. The third-order valence-corrected chi connectivity index (χ3v) is 2.60. The summed E-state index contributed by atoms with van der Waals surface area (Å²) < 4.78 is 5.85. The van der Waals surface area contributed by atoms with Crippen LogP contribution in [0.3, 0.4) is 0 Å². The van der Waals surface area contributed by atoms with E-state index in [1.807, 2.05) is 6.07 Å². The van der Waals surface area contributed by atoms with Gasteiger partial charge in [0.05, 0.1) is 16.4 Å². The zero-order valence-corrected chi connectivity index (χ0v) is 10.3. The van der Waals surface area contributed by atoms with Gasteiger partial charge in [0.25, 0.3) is 0 Å². The third-order valence-electron chi connectivity index (χ3n) is 1.95. The van der Waals surface area contributed by atoms with E-state index in [0.717, 1.165) is 4.47 Å². The van der Waals surface area contributed by atoms with E-state index < -0.39 is 6.09 Å². The molecule has 1 aromatic carbocycles. The van der Waals surface area contributed by atoms with Crippen molar-refractivity contribution in [2.24, 2.45) is 0 Å². The molecule has 0 unspecified atom stereocenters. The average molecular weight is 293 g/mol. The summed E-state index contributed by atoms with van der Waals surface area (Å²) in [5, 5.41) is 2.57. The molecule has 1 N–H and O–H groups in total. The number of nitrogens with zero attached hydrogens (tertiary/aromatic N) is 1. The fourth-order valence-electron chi connectivity index (χ4n) is 1.21. The smallest absolute Gasteiger partial charge is 0.409 e. The molecule has 0 saturated heterocycles. The standard InChI is InChI=1S/C12H9BrN2O2/c13-10-5-1-2-6-11(10)17-12(16)15-9-4-3-7-14-8-9/h1-8H,(H,15,16). The van der Waals surface area contributed by atoms with E-state index in [4.69, 9.17) is 4.74 Å². The van der Waals surface area contributed by atoms with Crippen LogP contribution >= 0.6 is 15.9 Å². The lowest BCUT2D eigenvalue weighted by Gasteiger charge is -2.07. The fourth-order valence-corrected chi connectivity index (χ4v) is 1.57. The van der Waals surface area contributed by atoms with E-state index in [0.29, 0.717) is 11.4 Å². The van der Waals surface area contributed by atoms with Crippen LogP contribution in [0.25, 0.3) is 0 Å². The quantitative estimate of drug-likeness (QED) is 0.922. The number of para-hydroxylation sites is 1. The highest BCUT2D eigenvalue weighted by molar-refractivity contribution is 9.10. The van der Waals surface area contributed by atoms with Crippen molar-refractivity contribution in [3.63, 3.8) is 0 Å². The Kier molecular flexibility index (Phi) is 3.72. The Hall–Kier alpha value is -1.88. The van der Waals surface area contributed by atoms with Crippen LogP contribution in [0.5, 0.6) is 5.75 Å². The maximum atomic E-state index is 11.6. The number of rotatable bonds is 2. The molecule has 1 aromatic heterocycles. The SMILES string of the molecule is O=C(Nc1cccnc1)Oc1ccccc1Br. The van der Waals surface area contributed by atoms with Crippen molar-refractivity contribution < 1.29 is 9.53 Å². The number of aromatic nitrogens is 1. The summed E-state index contributed by atoms with van der Waals surface area (Å²) in [6.07, 6.45) is 2.62. The summed E-state index contributed by atoms with van der Waals surface area (Å²) in [4.78, 5) is 15.4. The monoisotopic (exact) mass is 292 g/mol. The third kappa shape index (κ3) is 3.29. The molecule has 5 heteroatoms. The number of hydrogen-bond donors (Lipinski definition) is 1. The van der Waals surface area contributed by atoms with Crippen molar-refractivity contribution in [3.8, 4) is 5.75 Å². The highest BCUT2D eigenvalue weighted by atomic mass is 79.9. The van der Waals surface area contributed by atoms with Gasteiger partial charge in [-0.15, -0.1) is 0 Å². The van der Waals surface area contributed by atoms with Crippen molar-refractivity contribution in [2.75, 3.05) is 5.32 Å². The van der Waals surface area contributed by atoms with Gasteiger partial charge in [0, 0.05) is 6.20 Å². The first-order valence-corrected chi connectivity index (χ1v) is 5.68. The molecule has 0 spiro atoms. The summed E-state index contributed by atoms with van der Waals surface area (Å²) in [5.41, 5.74) is 0.588. The van der Waals surface area contributed by atoms with Gasteiger partial charge in [0.1, 0.15) is 5.75 Å². The van der Waals surface area contributed by atoms with Crippen molar-refractivity contribution in [3.05, 3.63) is 53.3 Å². The minimum absolute atomic E-state index is 0.467. The number of halogens is 1. The van der Waals surface area contributed by atoms with Crippen LogP contribution < -0.4 is 10.1 Å². The first-order chi connectivity index (χ1) is 8.25. The summed E-state index contributed by atoms with van der Waals surface area (Å²) in [6.45, 7) is 0. The molecular formula is C12H9BrN2O2. The van der Waals surface area contributed by atoms with Crippen LogP contribution in [0.2, 0.25) is 0 Å². The van der Waals surface area contributed by atoms with E-state index in [2.05, 4.69) is 26.2 Å². The normalized spacial score (nSPS) is 9.71. The molecule has 17 heavy (non-hydrogen) atoms. The first-order valence-electron chi connectivity index (χ1n) is 4.89. The van der Waals surface area contributed by atoms with Crippen molar-refractivity contribution in [1.29, 1.82) is 0 Å². The molecule has 0 bridgehead atoms. The van der Waals surface area contributed by atoms with Crippen LogP contribution in [0.1, 0.15) is 0 Å². The van der Waals surface area contributed by atoms with Crippen LogP contribution in [0.4, 0.5) is 10.5 Å². The lowest BCUT2D eigenvalue weighted by atomic mass is 10.3. The second-order valence-electron chi connectivity index (χ2n) is 3.19. The van der Waals surface area contributed by atoms with E-state index >= 15 is 0 Å². The molecule has 1 heterocycles. The molecule has 0 aliphatic carbocycles. The number of amides is 1. The number of carbonyl (C=O) groups is 1. The molecule has 0 radical (unpaired) electrons. The van der Waals surface area contributed by atoms with Crippen LogP contribution in [0, 0.1) is 0 Å². The predicted molar refractivity (Wildman–Crippen MR) is 68.0 cm³/mol. The minimum atomic E-state index is -0.551. The van der Waals surface area contributed by atoms with Crippen molar-refractivity contribution in [1.82, 2.24) is 4.98 Å². The van der Waals surface area contributed by atoms with E-state index in [1.54, 1.807) is 42.7 Å². The van der Waals surface area contributed by atoms with Gasteiger partial charge in [-0.25, -0.2) is 4.79 Å². The number of pyridine rings is 1. The number of carbonyl (C=O) groups excluding carboxylic acids is 1. The van der Waals surface area contributed by atoms with Gasteiger partial charge in [-0.2, -0.15) is 0 Å². The molecule has 86 valence electrons. The summed E-state index contributed by atoms with van der Waals surface area (Å²) >= 11 is 3.29. The molecule has 1 amide bonds. The van der Waals surface area contributed by atoms with Crippen LogP contribution in [-0.2, 0) is 0 Å². The molecule has 2 rings (SSSR count). The van der Waals surface area contributed by atoms with Gasteiger partial charge in [-0.3, -0.25) is 10.3 Å². The fraction of sp³-hybridized carbons (Fsp3) is 0. The van der Waals surface area contributed by atoms with Crippen molar-refractivity contribution in [2.45, 2.75) is 0 Å². The molecule has 0 atom stereocenters. The highest BCUT2D eigenvalue weighted by Crippen LogP contribution is 2.24. The lowest BCUT2D eigenvalue weighted by molar-refractivity contribution is 0.215. The zero-order chi connectivity index (χ0) is 12.1. The van der Waals surface area contributed by atoms with E-state index in [1.165, 1.54) is 0 Å². The molecule has 0 aliphatic heterocycles. The maximum absolute atomic E-state index is 11.6. The molecule has 4 nitrogen and oxygen atoms in total. The van der Waals surface area contributed by atoms with Gasteiger partial charge >= 0.3 is 6.09 Å². The average Bonchev–Trinajstić information content (AvgIpc) is 2.33. The Morgan fingerprint density at radius 1 is 1.24 bits per heavy atom.